The van der Waals surface area contributed by atoms with E-state index in [1.807, 2.05) is 25.7 Å². The second-order valence-electron chi connectivity index (χ2n) is 8.38. The Morgan fingerprint density at radius 3 is 2.27 bits per heavy atom. The predicted octanol–water partition coefficient (Wildman–Crippen LogP) is 3.71. The Morgan fingerprint density at radius 1 is 1.08 bits per heavy atom. The molecule has 0 N–H and O–H groups in total. The van der Waals surface area contributed by atoms with Crippen LogP contribution in [0.2, 0.25) is 0 Å². The Kier molecular flexibility index (Phi) is 6.07. The number of benzene rings is 1. The minimum atomic E-state index is -0.420. The van der Waals surface area contributed by atoms with Crippen LogP contribution in [0.4, 0.5) is 10.5 Å². The van der Waals surface area contributed by atoms with E-state index in [2.05, 4.69) is 29.2 Å². The van der Waals surface area contributed by atoms with Crippen molar-refractivity contribution in [1.82, 2.24) is 4.90 Å². The van der Waals surface area contributed by atoms with Crippen molar-refractivity contribution in [3.8, 4) is 0 Å². The molecular formula is C21H32N2O3. The van der Waals surface area contributed by atoms with Gasteiger partial charge in [0.15, 0.2) is 0 Å². The van der Waals surface area contributed by atoms with E-state index in [4.69, 9.17) is 9.47 Å². The number of rotatable bonds is 3. The van der Waals surface area contributed by atoms with Crippen LogP contribution in [0.25, 0.3) is 0 Å². The van der Waals surface area contributed by atoms with E-state index in [-0.39, 0.29) is 6.09 Å². The summed E-state index contributed by atoms with van der Waals surface area (Å²) in [6.07, 6.45) is 3.01. The molecule has 2 aliphatic heterocycles. The number of anilines is 1. The Hall–Kier alpha value is -1.75. The molecule has 0 aromatic heterocycles. The van der Waals surface area contributed by atoms with Crippen LogP contribution in [0.3, 0.4) is 0 Å². The van der Waals surface area contributed by atoms with Crippen LogP contribution in [0.15, 0.2) is 24.3 Å². The van der Waals surface area contributed by atoms with Crippen molar-refractivity contribution in [2.75, 3.05) is 44.3 Å². The van der Waals surface area contributed by atoms with Gasteiger partial charge >= 0.3 is 6.09 Å². The molecule has 2 fully saturated rings. The standard InChI is InChI=1S/C21H32N2O3/c1-21(2,3)26-20(24)23-10-8-18(9-11-23)16-17-4-6-19(7-5-17)22-12-14-25-15-13-22/h4-7,18H,8-16H2,1-3H3. The first-order chi connectivity index (χ1) is 12.4. The maximum absolute atomic E-state index is 12.2. The minimum Gasteiger partial charge on any atom is -0.444 e. The lowest BCUT2D eigenvalue weighted by Gasteiger charge is -2.33. The van der Waals surface area contributed by atoms with Crippen molar-refractivity contribution in [1.29, 1.82) is 0 Å². The van der Waals surface area contributed by atoms with Gasteiger partial charge in [-0.1, -0.05) is 12.1 Å². The molecule has 1 aromatic rings. The Labute approximate surface area is 157 Å². The van der Waals surface area contributed by atoms with Crippen molar-refractivity contribution in [3.05, 3.63) is 29.8 Å². The number of likely N-dealkylation sites (tertiary alicyclic amines) is 1. The summed E-state index contributed by atoms with van der Waals surface area (Å²) in [6, 6.07) is 8.98. The number of hydrogen-bond acceptors (Lipinski definition) is 4. The van der Waals surface area contributed by atoms with Crippen LogP contribution in [0.1, 0.15) is 39.2 Å². The zero-order chi connectivity index (χ0) is 18.6. The fourth-order valence-electron chi connectivity index (χ4n) is 3.64. The van der Waals surface area contributed by atoms with Gasteiger partial charge in [0.1, 0.15) is 5.60 Å². The van der Waals surface area contributed by atoms with Crippen molar-refractivity contribution in [2.24, 2.45) is 5.92 Å². The molecule has 0 atom stereocenters. The van der Waals surface area contributed by atoms with Gasteiger partial charge in [-0.25, -0.2) is 4.79 Å². The number of piperidine rings is 1. The summed E-state index contributed by atoms with van der Waals surface area (Å²) in [5.41, 5.74) is 2.26. The summed E-state index contributed by atoms with van der Waals surface area (Å²) < 4.78 is 10.9. The van der Waals surface area contributed by atoms with Gasteiger partial charge in [0.25, 0.3) is 0 Å². The second kappa shape index (κ2) is 8.30. The quantitative estimate of drug-likeness (QED) is 0.824. The molecule has 2 aliphatic rings. The van der Waals surface area contributed by atoms with Crippen molar-refractivity contribution >= 4 is 11.8 Å². The highest BCUT2D eigenvalue weighted by molar-refractivity contribution is 5.68. The molecule has 5 nitrogen and oxygen atoms in total. The zero-order valence-corrected chi connectivity index (χ0v) is 16.4. The van der Waals surface area contributed by atoms with E-state index < -0.39 is 5.60 Å². The second-order valence-corrected chi connectivity index (χ2v) is 8.38. The van der Waals surface area contributed by atoms with E-state index in [1.54, 1.807) is 0 Å². The van der Waals surface area contributed by atoms with E-state index in [1.165, 1.54) is 11.3 Å². The molecule has 1 aromatic carbocycles. The molecule has 5 heteroatoms. The van der Waals surface area contributed by atoms with Crippen LogP contribution in [-0.2, 0) is 15.9 Å². The predicted molar refractivity (Wildman–Crippen MR) is 104 cm³/mol. The lowest BCUT2D eigenvalue weighted by Crippen LogP contribution is -2.42. The molecule has 1 amide bonds. The Balaban J connectivity index is 1.46. The van der Waals surface area contributed by atoms with Crippen molar-refractivity contribution in [3.63, 3.8) is 0 Å². The smallest absolute Gasteiger partial charge is 0.410 e. The van der Waals surface area contributed by atoms with E-state index >= 15 is 0 Å². The molecule has 26 heavy (non-hydrogen) atoms. The number of morpholine rings is 1. The van der Waals surface area contributed by atoms with Gasteiger partial charge in [-0.2, -0.15) is 0 Å². The van der Waals surface area contributed by atoms with Gasteiger partial charge in [-0.15, -0.1) is 0 Å². The molecule has 2 heterocycles. The van der Waals surface area contributed by atoms with Crippen LogP contribution >= 0.6 is 0 Å². The monoisotopic (exact) mass is 360 g/mol. The molecule has 2 saturated heterocycles. The van der Waals surface area contributed by atoms with E-state index in [9.17, 15) is 4.79 Å². The van der Waals surface area contributed by atoms with Crippen LogP contribution < -0.4 is 4.90 Å². The first kappa shape index (κ1) is 19.0. The first-order valence-corrected chi connectivity index (χ1v) is 9.80. The highest BCUT2D eigenvalue weighted by Gasteiger charge is 2.26. The maximum atomic E-state index is 12.2. The number of nitrogens with zero attached hydrogens (tertiary/aromatic N) is 2. The van der Waals surface area contributed by atoms with Gasteiger partial charge in [-0.3, -0.25) is 0 Å². The summed E-state index contributed by atoms with van der Waals surface area (Å²) >= 11 is 0. The molecule has 0 aliphatic carbocycles. The molecule has 0 radical (unpaired) electrons. The topological polar surface area (TPSA) is 42.0 Å². The molecule has 0 spiro atoms. The summed E-state index contributed by atoms with van der Waals surface area (Å²) in [7, 11) is 0. The number of amides is 1. The zero-order valence-electron chi connectivity index (χ0n) is 16.4. The molecule has 0 saturated carbocycles. The normalized spacial score (nSPS) is 19.5. The average molecular weight is 360 g/mol. The SMILES string of the molecule is CC(C)(C)OC(=O)N1CCC(Cc2ccc(N3CCOCC3)cc2)CC1. The highest BCUT2D eigenvalue weighted by atomic mass is 16.6. The number of hydrogen-bond donors (Lipinski definition) is 0. The largest absolute Gasteiger partial charge is 0.444 e. The van der Waals surface area contributed by atoms with E-state index in [0.717, 1.165) is 58.7 Å². The fraction of sp³-hybridized carbons (Fsp3) is 0.667. The average Bonchev–Trinajstić information content (AvgIpc) is 2.62. The van der Waals surface area contributed by atoms with Gasteiger partial charge in [0.05, 0.1) is 13.2 Å². The lowest BCUT2D eigenvalue weighted by molar-refractivity contribution is 0.0184. The lowest BCUT2D eigenvalue weighted by atomic mass is 9.90. The minimum absolute atomic E-state index is 0.175. The first-order valence-electron chi connectivity index (χ1n) is 9.80. The highest BCUT2D eigenvalue weighted by Crippen LogP contribution is 2.24. The fourth-order valence-corrected chi connectivity index (χ4v) is 3.64. The van der Waals surface area contributed by atoms with Crippen LogP contribution in [0, 0.1) is 5.92 Å². The van der Waals surface area contributed by atoms with Gasteiger partial charge in [0.2, 0.25) is 0 Å². The Morgan fingerprint density at radius 2 is 1.69 bits per heavy atom. The maximum Gasteiger partial charge on any atom is 0.410 e. The summed E-state index contributed by atoms with van der Waals surface area (Å²) in [5.74, 6) is 0.642. The van der Waals surface area contributed by atoms with Gasteiger partial charge in [-0.05, 0) is 63.6 Å². The molecule has 0 bridgehead atoms. The summed E-state index contributed by atoms with van der Waals surface area (Å²) in [4.78, 5) is 16.4. The summed E-state index contributed by atoms with van der Waals surface area (Å²) in [5, 5.41) is 0. The summed E-state index contributed by atoms with van der Waals surface area (Å²) in [6.45, 7) is 10.9. The van der Waals surface area contributed by atoms with Gasteiger partial charge in [0, 0.05) is 31.9 Å². The number of carbonyl (C=O) groups excluding carboxylic acids is 1. The molecule has 3 rings (SSSR count). The van der Waals surface area contributed by atoms with Crippen molar-refractivity contribution < 1.29 is 14.3 Å². The Bertz CT molecular complexity index is 580. The molecule has 144 valence electrons. The van der Waals surface area contributed by atoms with Crippen LogP contribution in [-0.4, -0.2) is 56.0 Å². The third-order valence-electron chi connectivity index (χ3n) is 5.10. The molecular weight excluding hydrogens is 328 g/mol. The van der Waals surface area contributed by atoms with Gasteiger partial charge < -0.3 is 19.3 Å². The third kappa shape index (κ3) is 5.37. The molecule has 0 unspecified atom stereocenters. The third-order valence-corrected chi connectivity index (χ3v) is 5.10. The van der Waals surface area contributed by atoms with Crippen LogP contribution in [0.5, 0.6) is 0 Å². The number of carbonyl (C=O) groups is 1. The van der Waals surface area contributed by atoms with E-state index in [0.29, 0.717) is 5.92 Å². The van der Waals surface area contributed by atoms with Crippen molar-refractivity contribution in [2.45, 2.75) is 45.6 Å². The number of ether oxygens (including phenoxy) is 2.